The summed E-state index contributed by atoms with van der Waals surface area (Å²) in [5.74, 6) is -1.31. The molecule has 4 atom stereocenters. The van der Waals surface area contributed by atoms with Gasteiger partial charge in [0.25, 0.3) is 5.91 Å². The van der Waals surface area contributed by atoms with E-state index < -0.39 is 24.1 Å². The van der Waals surface area contributed by atoms with Crippen LogP contribution in [0.4, 0.5) is 0 Å². The van der Waals surface area contributed by atoms with Crippen molar-refractivity contribution in [3.63, 3.8) is 0 Å². The van der Waals surface area contributed by atoms with E-state index in [1.807, 2.05) is 37.7 Å². The lowest BCUT2D eigenvalue weighted by Gasteiger charge is -2.17. The zero-order valence-corrected chi connectivity index (χ0v) is 33.8. The molecule has 18 heteroatoms. The van der Waals surface area contributed by atoms with Crippen LogP contribution >= 0.6 is 11.8 Å². The highest BCUT2D eigenvalue weighted by Gasteiger charge is 2.42. The van der Waals surface area contributed by atoms with Crippen molar-refractivity contribution < 1.29 is 48.4 Å². The Morgan fingerprint density at radius 1 is 0.754 bits per heavy atom. The van der Waals surface area contributed by atoms with Gasteiger partial charge in [-0.2, -0.15) is 11.8 Å². The number of nitrogens with zero attached hydrogens (tertiary/aromatic N) is 1. The summed E-state index contributed by atoms with van der Waals surface area (Å²) < 4.78 is 18.4. The second-order valence-electron chi connectivity index (χ2n) is 14.1. The first-order valence-corrected chi connectivity index (χ1v) is 20.8. The molecule has 4 rings (SSSR count). The lowest BCUT2D eigenvalue weighted by Crippen LogP contribution is -2.41. The molecular weight excluding hydrogens is 759 g/mol. The van der Waals surface area contributed by atoms with E-state index in [1.165, 1.54) is 18.2 Å². The van der Waals surface area contributed by atoms with Crippen LogP contribution in [0.25, 0.3) is 5.69 Å². The molecule has 0 saturated carbocycles. The van der Waals surface area contributed by atoms with Gasteiger partial charge >= 0.3 is 5.97 Å². The number of hydrogen-bond acceptors (Lipinski definition) is 12. The highest BCUT2D eigenvalue weighted by Crippen LogP contribution is 2.33. The molecule has 2 aromatic rings. The van der Waals surface area contributed by atoms with E-state index in [0.29, 0.717) is 88.6 Å². The number of fused-ring (bicyclic) bond motifs is 1. The summed E-state index contributed by atoms with van der Waals surface area (Å²) in [6.07, 6.45) is 4.62. The van der Waals surface area contributed by atoms with Gasteiger partial charge in [0.05, 0.1) is 37.7 Å². The number of nitrogens with one attached hydrogen (secondary N) is 6. The molecule has 8 N–H and O–H groups in total. The van der Waals surface area contributed by atoms with E-state index in [4.69, 9.17) is 14.2 Å². The van der Waals surface area contributed by atoms with Crippen molar-refractivity contribution in [1.82, 2.24) is 36.7 Å². The van der Waals surface area contributed by atoms with Crippen LogP contribution in [0.5, 0.6) is 0 Å². The second kappa shape index (κ2) is 24.7. The number of hydrazine groups is 1. The number of aromatic nitrogens is 1. The number of carboxylic acid groups (broad SMARTS) is 1. The van der Waals surface area contributed by atoms with E-state index in [9.17, 15) is 34.2 Å². The smallest absolute Gasteiger partial charge is 0.337 e. The van der Waals surface area contributed by atoms with Gasteiger partial charge in [-0.05, 0) is 76.3 Å². The van der Waals surface area contributed by atoms with Gasteiger partial charge in [-0.15, -0.1) is 0 Å². The van der Waals surface area contributed by atoms with Gasteiger partial charge < -0.3 is 39.6 Å². The van der Waals surface area contributed by atoms with Gasteiger partial charge in [-0.25, -0.2) is 4.79 Å². The Bertz CT molecular complexity index is 1610. The molecule has 0 radical (unpaired) electrons. The Morgan fingerprint density at radius 2 is 1.35 bits per heavy atom. The number of ether oxygens (including phenoxy) is 3. The minimum absolute atomic E-state index is 0.0252. The highest BCUT2D eigenvalue weighted by atomic mass is 32.2. The normalized spacial score (nSPS) is 18.6. The lowest BCUT2D eigenvalue weighted by molar-refractivity contribution is -0.123. The van der Waals surface area contributed by atoms with Crippen molar-refractivity contribution >= 4 is 41.4 Å². The summed E-state index contributed by atoms with van der Waals surface area (Å²) in [7, 11) is 0. The zero-order chi connectivity index (χ0) is 41.0. The van der Waals surface area contributed by atoms with Gasteiger partial charge in [0.2, 0.25) is 17.7 Å². The SMILES string of the molecule is Cc1ccc(C)n1-c1cc(C(=O)NNC(=O)CCCC(=O)NCCCOCCOCCOCCCNC(=O)CCCCC2SCC3NC(O)NC32)ccc1C(=O)O. The molecule has 0 bridgehead atoms. The van der Waals surface area contributed by atoms with Crippen molar-refractivity contribution in [3.8, 4) is 5.69 Å². The number of amides is 4. The van der Waals surface area contributed by atoms with Crippen LogP contribution in [-0.4, -0.2) is 127 Å². The fourth-order valence-corrected chi connectivity index (χ4v) is 8.24. The lowest BCUT2D eigenvalue weighted by atomic mass is 10.0. The van der Waals surface area contributed by atoms with Crippen LogP contribution in [0.1, 0.15) is 89.9 Å². The van der Waals surface area contributed by atoms with Crippen LogP contribution < -0.4 is 32.1 Å². The number of aliphatic hydroxyl groups is 1. The summed E-state index contributed by atoms with van der Waals surface area (Å²) in [5.41, 5.74) is 6.86. The van der Waals surface area contributed by atoms with Crippen molar-refractivity contribution in [1.29, 1.82) is 0 Å². The molecule has 1 aromatic heterocycles. The average molecular weight is 818 g/mol. The summed E-state index contributed by atoms with van der Waals surface area (Å²) in [6.45, 7) is 7.43. The Balaban J connectivity index is 0.897. The Labute approximate surface area is 338 Å². The third kappa shape index (κ3) is 15.7. The van der Waals surface area contributed by atoms with Gasteiger partial charge in [0.15, 0.2) is 6.35 Å². The molecule has 57 heavy (non-hydrogen) atoms. The van der Waals surface area contributed by atoms with Crippen LogP contribution in [0.2, 0.25) is 0 Å². The maximum Gasteiger partial charge on any atom is 0.337 e. The van der Waals surface area contributed by atoms with E-state index in [0.717, 1.165) is 42.8 Å². The maximum absolute atomic E-state index is 12.7. The van der Waals surface area contributed by atoms with E-state index >= 15 is 0 Å². The number of unbranched alkanes of at least 4 members (excludes halogenated alkanes) is 1. The second-order valence-corrected chi connectivity index (χ2v) is 15.3. The van der Waals surface area contributed by atoms with E-state index in [1.54, 1.807) is 4.57 Å². The molecular formula is C39H59N7O10S. The van der Waals surface area contributed by atoms with Crippen molar-refractivity contribution in [2.24, 2.45) is 0 Å². The predicted molar refractivity (Wildman–Crippen MR) is 214 cm³/mol. The van der Waals surface area contributed by atoms with Crippen LogP contribution in [0, 0.1) is 13.8 Å². The predicted octanol–water partition coefficient (Wildman–Crippen LogP) is 1.67. The summed E-state index contributed by atoms with van der Waals surface area (Å²) in [5, 5.41) is 31.9. The van der Waals surface area contributed by atoms with Gasteiger partial charge in [-0.3, -0.25) is 40.7 Å². The first-order valence-electron chi connectivity index (χ1n) is 19.7. The third-order valence-corrected chi connectivity index (χ3v) is 11.1. The van der Waals surface area contributed by atoms with Crippen molar-refractivity contribution in [2.45, 2.75) is 95.3 Å². The minimum Gasteiger partial charge on any atom is -0.478 e. The molecule has 4 unspecified atom stereocenters. The monoisotopic (exact) mass is 817 g/mol. The Hall–Kier alpha value is -4.04. The number of aryl methyl sites for hydroxylation is 2. The fourth-order valence-electron chi connectivity index (χ4n) is 6.68. The largest absolute Gasteiger partial charge is 0.478 e. The number of thioether (sulfide) groups is 1. The summed E-state index contributed by atoms with van der Waals surface area (Å²) in [4.78, 5) is 61.0. The quantitative estimate of drug-likeness (QED) is 0.0500. The standard InChI is InChI=1S/C39H59N7O10S/c1-26-12-13-27(2)46(26)31-24-28(14-15-29(31)38(51)52)37(50)45-44-35(49)11-5-10-34(48)41-17-7-19-55-21-23-56-22-20-54-18-6-16-40-33(47)9-4-3-8-32-36-30(25-57-32)42-39(53)43-36/h12-15,24,30,32,36,39,42-43,53H,3-11,16-23,25H2,1-2H3,(H,40,47)(H,41,48)(H,44,49)(H,45,50)(H,51,52). The molecule has 0 aliphatic carbocycles. The molecule has 316 valence electrons. The Morgan fingerprint density at radius 3 is 1.98 bits per heavy atom. The summed E-state index contributed by atoms with van der Waals surface area (Å²) >= 11 is 1.93. The van der Waals surface area contributed by atoms with Crippen molar-refractivity contribution in [2.75, 3.05) is 58.5 Å². The van der Waals surface area contributed by atoms with Crippen molar-refractivity contribution in [3.05, 3.63) is 52.8 Å². The highest BCUT2D eigenvalue weighted by molar-refractivity contribution is 8.00. The van der Waals surface area contributed by atoms with Gasteiger partial charge in [0.1, 0.15) is 0 Å². The topological polar surface area (TPSA) is 231 Å². The van der Waals surface area contributed by atoms with Crippen LogP contribution in [0.15, 0.2) is 30.3 Å². The number of hydrogen-bond donors (Lipinski definition) is 8. The molecule has 4 amide bonds. The molecule has 0 spiro atoms. The first kappa shape index (κ1) is 45.7. The number of aromatic carboxylic acids is 1. The number of carbonyl (C=O) groups is 5. The van der Waals surface area contributed by atoms with Gasteiger partial charge in [0, 0.05) is 85.6 Å². The molecule has 3 heterocycles. The summed E-state index contributed by atoms with van der Waals surface area (Å²) in [6, 6.07) is 8.54. The number of carbonyl (C=O) groups excluding carboxylic acids is 4. The number of rotatable bonds is 26. The third-order valence-electron chi connectivity index (χ3n) is 9.63. The Kier molecular flexibility index (Phi) is 19.8. The number of benzene rings is 1. The molecule has 2 saturated heterocycles. The maximum atomic E-state index is 12.7. The zero-order valence-electron chi connectivity index (χ0n) is 32.9. The van der Waals surface area contributed by atoms with E-state index in [2.05, 4.69) is 32.1 Å². The molecule has 1 aromatic carbocycles. The molecule has 2 fully saturated rings. The number of aliphatic hydroxyl groups excluding tert-OH is 1. The number of carboxylic acids is 1. The molecule has 2 aliphatic rings. The van der Waals surface area contributed by atoms with Gasteiger partial charge in [-0.1, -0.05) is 6.42 Å². The molecule has 17 nitrogen and oxygen atoms in total. The average Bonchev–Trinajstić information content (AvgIpc) is 3.86. The first-order chi connectivity index (χ1) is 27.5. The minimum atomic E-state index is -1.12. The van der Waals surface area contributed by atoms with Crippen LogP contribution in [0.3, 0.4) is 0 Å². The van der Waals surface area contributed by atoms with E-state index in [-0.39, 0.29) is 42.2 Å². The fraction of sp³-hybridized carbons (Fsp3) is 0.615. The van der Waals surface area contributed by atoms with Crippen LogP contribution in [-0.2, 0) is 28.6 Å². The molecule has 2 aliphatic heterocycles.